The number of allylic oxidation sites excluding steroid dienone is 2. The highest BCUT2D eigenvalue weighted by Gasteiger charge is 2.49. The van der Waals surface area contributed by atoms with Crippen LogP contribution in [0.15, 0.2) is 57.5 Å². The van der Waals surface area contributed by atoms with Crippen molar-refractivity contribution in [1.29, 1.82) is 0 Å². The van der Waals surface area contributed by atoms with E-state index in [2.05, 4.69) is 5.32 Å². The van der Waals surface area contributed by atoms with Crippen molar-refractivity contribution >= 4 is 67.9 Å². The third-order valence-corrected chi connectivity index (χ3v) is 13.0. The number of aliphatic hydroxyl groups excluding tert-OH is 1. The quantitative estimate of drug-likeness (QED) is 0.0732. The van der Waals surface area contributed by atoms with E-state index in [4.69, 9.17) is 44.7 Å². The largest absolute Gasteiger partial charge is 0.505 e. The van der Waals surface area contributed by atoms with E-state index in [1.807, 2.05) is 53.6 Å². The van der Waals surface area contributed by atoms with Gasteiger partial charge in [-0.15, -0.1) is 0 Å². The molecular weight excluding hydrogens is 846 g/mol. The summed E-state index contributed by atoms with van der Waals surface area (Å²) < 4.78 is 36.5. The van der Waals surface area contributed by atoms with Crippen molar-refractivity contribution in [3.05, 3.63) is 74.6 Å². The molecule has 0 saturated heterocycles. The van der Waals surface area contributed by atoms with Crippen molar-refractivity contribution in [2.75, 3.05) is 39.7 Å². The van der Waals surface area contributed by atoms with E-state index in [0.717, 1.165) is 0 Å². The summed E-state index contributed by atoms with van der Waals surface area (Å²) in [6, 6.07) is 3.13. The van der Waals surface area contributed by atoms with Crippen LogP contribution >= 0.6 is 11.6 Å². The van der Waals surface area contributed by atoms with E-state index in [1.54, 1.807) is 43.4 Å². The van der Waals surface area contributed by atoms with Crippen molar-refractivity contribution in [2.24, 2.45) is 29.6 Å². The van der Waals surface area contributed by atoms with Gasteiger partial charge in [-0.2, -0.15) is 0 Å². The molecule has 0 spiro atoms. The third-order valence-electron chi connectivity index (χ3n) is 12.8. The normalized spacial score (nSPS) is 28.8. The molecule has 1 aromatic heterocycles. The number of aromatic hydroxyl groups is 1. The molecule has 0 saturated carbocycles. The van der Waals surface area contributed by atoms with E-state index < -0.39 is 58.9 Å². The highest BCUT2D eigenvalue weighted by molar-refractivity contribution is 6.35. The number of hydrogen-bond acceptors (Lipinski definition) is 14. The highest BCUT2D eigenvalue weighted by atomic mass is 35.5. The first-order valence-corrected chi connectivity index (χ1v) is 21.7. The lowest BCUT2D eigenvalue weighted by Gasteiger charge is -2.39. The van der Waals surface area contributed by atoms with Gasteiger partial charge in [0.2, 0.25) is 0 Å². The Kier molecular flexibility index (Phi) is 14.2. The van der Waals surface area contributed by atoms with E-state index in [1.165, 1.54) is 34.1 Å². The van der Waals surface area contributed by atoms with Crippen molar-refractivity contribution in [1.82, 2.24) is 9.88 Å². The van der Waals surface area contributed by atoms with E-state index in [9.17, 15) is 29.4 Å². The van der Waals surface area contributed by atoms with Crippen LogP contribution in [0.5, 0.6) is 17.2 Å². The molecule has 2 aliphatic heterocycles. The lowest BCUT2D eigenvalue weighted by Crippen LogP contribution is -2.43. The lowest BCUT2D eigenvalue weighted by molar-refractivity contribution is -0.157. The maximum atomic E-state index is 14.8. The van der Waals surface area contributed by atoms with Gasteiger partial charge in [0, 0.05) is 68.0 Å². The smallest absolute Gasteiger partial charge is 0.312 e. The van der Waals surface area contributed by atoms with Crippen LogP contribution in [-0.2, 0) is 23.8 Å². The fraction of sp³-hybridized carbons (Fsp3) is 0.479. The molecule has 3 heterocycles. The molecule has 3 N–H and O–H groups in total. The molecule has 2 aliphatic rings. The number of fused-ring (bicyclic) bond motifs is 2. The average Bonchev–Trinajstić information content (AvgIpc) is 3.51. The van der Waals surface area contributed by atoms with Crippen LogP contribution < -0.4 is 20.2 Å². The molecule has 16 heteroatoms. The van der Waals surface area contributed by atoms with Gasteiger partial charge in [0.05, 0.1) is 34.4 Å². The number of Topliss-reactive ketones (excluding diaryl/α,β-unsaturated/α-hetero) is 1. The second-order valence-corrected chi connectivity index (χ2v) is 17.9. The Morgan fingerprint density at radius 1 is 1.00 bits per heavy atom. The maximum Gasteiger partial charge on any atom is 0.312 e. The second-order valence-electron chi connectivity index (χ2n) is 17.5. The molecule has 3 aromatic carbocycles. The number of phenolic OH excluding ortho intramolecular Hbond substituents is 1. The Bertz CT molecular complexity index is 2650. The van der Waals surface area contributed by atoms with Crippen LogP contribution in [0.4, 0.5) is 5.69 Å². The topological polar surface area (TPSA) is 196 Å². The molecule has 0 radical (unpaired) electrons. The van der Waals surface area contributed by atoms with Gasteiger partial charge in [-0.3, -0.25) is 19.2 Å². The Morgan fingerprint density at radius 2 is 1.70 bits per heavy atom. The highest BCUT2D eigenvalue weighted by Crippen LogP contribution is 2.49. The van der Waals surface area contributed by atoms with Gasteiger partial charge in [0.25, 0.3) is 11.7 Å². The summed E-state index contributed by atoms with van der Waals surface area (Å²) in [4.78, 5) is 62.4. The number of anilines is 1. The van der Waals surface area contributed by atoms with Crippen molar-refractivity contribution in [2.45, 2.75) is 86.4 Å². The molecule has 4 bridgehead atoms. The number of amides is 1. The summed E-state index contributed by atoms with van der Waals surface area (Å²) >= 11 is 6.81. The standard InChI is InChI=1S/C48H58ClN3O12/c1-22-14-13-15-23(2)47(58)51-39-42(56)35-34(38-45(39)63-33-21-30(60-19-17-52(10)11)20-31(49)37(33)50-38)36-44(28(7)41(35)55)64-48(9,46(36)57)61-18-16-32(59-12)27(6)43(62-29(8)53)26(5)24(3)25(4)40(22)54/h13-16,18,20-22,24-27,32,40,43,54,56H,17,19H2,1-12H3,(H,51,58)/b14-13+,18-16+,23-15-/t22-,24+,25-,26+,27+,32-,40-,43-,48-/m0/s1. The number of likely N-dealkylation sites (N-methyl/N-ethyl adjacent to an activating group) is 1. The van der Waals surface area contributed by atoms with Gasteiger partial charge < -0.3 is 48.5 Å². The number of nitrogens with zero attached hydrogens (tertiary/aromatic N) is 2. The number of aliphatic hydroxyl groups is 1. The fourth-order valence-electron chi connectivity index (χ4n) is 8.49. The molecule has 0 aliphatic carbocycles. The number of carbonyl (C=O) groups is 3. The number of ketones is 1. The summed E-state index contributed by atoms with van der Waals surface area (Å²) in [6.45, 7) is 16.3. The monoisotopic (exact) mass is 903 g/mol. The van der Waals surface area contributed by atoms with Crippen molar-refractivity contribution in [3.63, 3.8) is 0 Å². The van der Waals surface area contributed by atoms with E-state index >= 15 is 0 Å². The number of methoxy groups -OCH3 is 1. The number of phenols is 1. The lowest BCUT2D eigenvalue weighted by atomic mass is 9.73. The SMILES string of the molecule is CO[C@H]1/C=C/O[C@@]2(C)Oc3c(C)c(=O)c4c(O)c(c5oc6cc(OCCN(C)C)cc(Cl)c6nc5c4c3C2=O)NC(=O)/C(C)=C\C=C\[C@H](C)[C@H](O)[C@@H](C)[C@@H](C)[C@@H](C)[C@H](OC(C)=O)[C@@H]1C. The molecule has 4 aromatic rings. The number of halogens is 1. The molecule has 1 amide bonds. The van der Waals surface area contributed by atoms with Gasteiger partial charge in [-0.1, -0.05) is 64.4 Å². The van der Waals surface area contributed by atoms with Crippen LogP contribution in [0, 0.1) is 36.5 Å². The minimum atomic E-state index is -2.03. The number of ether oxygens (including phenoxy) is 5. The van der Waals surface area contributed by atoms with Gasteiger partial charge >= 0.3 is 11.8 Å². The van der Waals surface area contributed by atoms with Crippen LogP contribution in [0.3, 0.4) is 0 Å². The zero-order valence-electron chi connectivity index (χ0n) is 38.3. The molecule has 9 atom stereocenters. The summed E-state index contributed by atoms with van der Waals surface area (Å²) in [5.41, 5.74) is -0.898. The number of carbonyl (C=O) groups excluding carboxylic acids is 3. The molecule has 15 nitrogen and oxygen atoms in total. The number of esters is 1. The van der Waals surface area contributed by atoms with E-state index in [0.29, 0.717) is 18.9 Å². The predicted octanol–water partition coefficient (Wildman–Crippen LogP) is 7.87. The molecule has 0 unspecified atom stereocenters. The molecule has 6 rings (SSSR count). The van der Waals surface area contributed by atoms with Gasteiger partial charge in [-0.25, -0.2) is 4.98 Å². The van der Waals surface area contributed by atoms with Gasteiger partial charge in [0.1, 0.15) is 40.9 Å². The second kappa shape index (κ2) is 18.9. The Hall–Kier alpha value is -5.48. The molecule has 344 valence electrons. The summed E-state index contributed by atoms with van der Waals surface area (Å²) in [6.07, 6.45) is 5.65. The minimum absolute atomic E-state index is 0.0117. The summed E-state index contributed by atoms with van der Waals surface area (Å²) in [5.74, 6) is -5.77. The number of benzene rings is 3. The van der Waals surface area contributed by atoms with Crippen molar-refractivity contribution < 1.29 is 52.7 Å². The maximum absolute atomic E-state index is 14.8. The summed E-state index contributed by atoms with van der Waals surface area (Å²) in [5, 5.41) is 26.1. The third kappa shape index (κ3) is 9.08. The first kappa shape index (κ1) is 48.0. The van der Waals surface area contributed by atoms with Crippen LogP contribution in [0.1, 0.15) is 71.3 Å². The molecule has 64 heavy (non-hydrogen) atoms. The zero-order chi connectivity index (χ0) is 47.1. The molecular formula is C48H58ClN3O12. The van der Waals surface area contributed by atoms with Crippen LogP contribution in [-0.4, -0.2) is 96.2 Å². The minimum Gasteiger partial charge on any atom is -0.505 e. The van der Waals surface area contributed by atoms with Crippen LogP contribution in [0.25, 0.3) is 33.0 Å². The van der Waals surface area contributed by atoms with Crippen molar-refractivity contribution in [3.8, 4) is 17.2 Å². The molecule has 0 fully saturated rings. The average molecular weight is 904 g/mol. The zero-order valence-corrected chi connectivity index (χ0v) is 39.1. The Balaban J connectivity index is 1.60. The fourth-order valence-corrected chi connectivity index (χ4v) is 8.73. The Labute approximate surface area is 377 Å². The Morgan fingerprint density at radius 3 is 2.36 bits per heavy atom. The number of aromatic nitrogens is 1. The number of rotatable bonds is 6. The summed E-state index contributed by atoms with van der Waals surface area (Å²) in [7, 11) is 5.31. The van der Waals surface area contributed by atoms with Gasteiger partial charge in [0.15, 0.2) is 22.3 Å². The van der Waals surface area contributed by atoms with E-state index in [-0.39, 0.29) is 89.8 Å². The number of nitrogens with one attached hydrogen (secondary N) is 1. The van der Waals surface area contributed by atoms with Gasteiger partial charge in [-0.05, 0) is 51.8 Å². The van der Waals surface area contributed by atoms with Crippen LogP contribution in [0.2, 0.25) is 5.02 Å². The first-order chi connectivity index (χ1) is 30.1. The first-order valence-electron chi connectivity index (χ1n) is 21.3. The predicted molar refractivity (Wildman–Crippen MR) is 244 cm³/mol. The number of hydrogen-bond donors (Lipinski definition) is 3.